The van der Waals surface area contributed by atoms with Gasteiger partial charge in [0, 0.05) is 28.8 Å². The average Bonchev–Trinajstić information content (AvgIpc) is 2.64. The molecule has 142 valence electrons. The van der Waals surface area contributed by atoms with Crippen LogP contribution in [0.2, 0.25) is 5.02 Å². The fourth-order valence-corrected chi connectivity index (χ4v) is 3.47. The lowest BCUT2D eigenvalue weighted by Gasteiger charge is -2.11. The first-order valence-electron chi connectivity index (χ1n) is 8.39. The molecule has 0 aromatic heterocycles. The van der Waals surface area contributed by atoms with E-state index in [0.717, 1.165) is 41.0 Å². The molecule has 0 radical (unpaired) electrons. The van der Waals surface area contributed by atoms with Crippen LogP contribution in [-0.4, -0.2) is 35.6 Å². The largest absolute Gasteiger partial charge is 0.357 e. The zero-order chi connectivity index (χ0) is 17.9. The molecule has 2 rings (SSSR count). The lowest BCUT2D eigenvalue weighted by molar-refractivity contribution is 0.682. The van der Waals surface area contributed by atoms with Crippen molar-refractivity contribution in [3.63, 3.8) is 0 Å². The van der Waals surface area contributed by atoms with Crippen LogP contribution in [0.3, 0.4) is 0 Å². The molecule has 0 heterocycles. The van der Waals surface area contributed by atoms with Crippen LogP contribution in [-0.2, 0) is 17.2 Å². The van der Waals surface area contributed by atoms with Crippen molar-refractivity contribution < 1.29 is 4.21 Å². The molecule has 0 bridgehead atoms. The number of hydrogen-bond donors (Lipinski definition) is 2. The minimum atomic E-state index is -1.02. The Hall–Kier alpha value is -1.12. The summed E-state index contributed by atoms with van der Waals surface area (Å²) in [6.45, 7) is 4.04. The van der Waals surface area contributed by atoms with E-state index in [4.69, 9.17) is 11.6 Å². The predicted molar refractivity (Wildman–Crippen MR) is 122 cm³/mol. The monoisotopic (exact) mass is 505 g/mol. The Bertz CT molecular complexity index is 713. The van der Waals surface area contributed by atoms with E-state index in [9.17, 15) is 4.21 Å². The van der Waals surface area contributed by atoms with E-state index >= 15 is 0 Å². The van der Waals surface area contributed by atoms with Crippen LogP contribution in [0.1, 0.15) is 12.5 Å². The lowest BCUT2D eigenvalue weighted by Crippen LogP contribution is -2.38. The van der Waals surface area contributed by atoms with Gasteiger partial charge in [-0.05, 0) is 37.1 Å². The Balaban J connectivity index is 0.00000338. The van der Waals surface area contributed by atoms with E-state index in [1.165, 1.54) is 0 Å². The Morgan fingerprint density at radius 3 is 2.46 bits per heavy atom. The number of hydrogen-bond acceptors (Lipinski definition) is 2. The van der Waals surface area contributed by atoms with E-state index in [0.29, 0.717) is 12.3 Å². The number of nitrogens with zero attached hydrogens (tertiary/aromatic N) is 1. The van der Waals surface area contributed by atoms with Crippen LogP contribution < -0.4 is 10.6 Å². The van der Waals surface area contributed by atoms with Gasteiger partial charge in [0.05, 0.1) is 17.3 Å². The maximum atomic E-state index is 12.2. The fourth-order valence-electron chi connectivity index (χ4n) is 2.29. The molecule has 7 heteroatoms. The second-order valence-electron chi connectivity index (χ2n) is 5.39. The van der Waals surface area contributed by atoms with Gasteiger partial charge in [0.15, 0.2) is 5.96 Å². The van der Waals surface area contributed by atoms with Gasteiger partial charge in [-0.25, -0.2) is 0 Å². The van der Waals surface area contributed by atoms with Crippen LogP contribution >= 0.6 is 35.6 Å². The zero-order valence-corrected chi connectivity index (χ0v) is 18.7. The van der Waals surface area contributed by atoms with Crippen LogP contribution in [0, 0.1) is 0 Å². The van der Waals surface area contributed by atoms with Crippen LogP contribution in [0.15, 0.2) is 64.5 Å². The molecular formula is C19H25ClIN3OS. The van der Waals surface area contributed by atoms with Crippen LogP contribution in [0.5, 0.6) is 0 Å². The summed E-state index contributed by atoms with van der Waals surface area (Å²) < 4.78 is 12.2. The lowest BCUT2D eigenvalue weighted by atomic mass is 10.1. The van der Waals surface area contributed by atoms with Crippen molar-refractivity contribution in [3.05, 3.63) is 65.2 Å². The van der Waals surface area contributed by atoms with E-state index in [1.54, 1.807) is 0 Å². The number of benzene rings is 2. The molecule has 1 unspecified atom stereocenters. The predicted octanol–water partition coefficient (Wildman–Crippen LogP) is 3.86. The highest BCUT2D eigenvalue weighted by Crippen LogP contribution is 2.14. The third-order valence-corrected chi connectivity index (χ3v) is 5.26. The Labute approximate surface area is 180 Å². The molecule has 2 aromatic rings. The third kappa shape index (κ3) is 8.05. The molecule has 2 N–H and O–H groups in total. The van der Waals surface area contributed by atoms with E-state index < -0.39 is 10.8 Å². The molecule has 0 saturated carbocycles. The van der Waals surface area contributed by atoms with Gasteiger partial charge in [-0.3, -0.25) is 9.20 Å². The minimum absolute atomic E-state index is 0. The second kappa shape index (κ2) is 13.1. The molecule has 0 aliphatic heterocycles. The smallest absolute Gasteiger partial charge is 0.191 e. The van der Waals surface area contributed by atoms with Crippen molar-refractivity contribution in [2.24, 2.45) is 4.99 Å². The van der Waals surface area contributed by atoms with Crippen molar-refractivity contribution >= 4 is 52.3 Å². The first-order chi connectivity index (χ1) is 12.2. The fraction of sp³-hybridized carbons (Fsp3) is 0.316. The number of halogens is 2. The molecule has 0 spiro atoms. The Kier molecular flexibility index (Phi) is 11.6. The first kappa shape index (κ1) is 22.9. The minimum Gasteiger partial charge on any atom is -0.357 e. The molecule has 2 aromatic carbocycles. The van der Waals surface area contributed by atoms with Gasteiger partial charge in [-0.1, -0.05) is 48.0 Å². The summed E-state index contributed by atoms with van der Waals surface area (Å²) in [6, 6.07) is 17.3. The maximum absolute atomic E-state index is 12.2. The average molecular weight is 506 g/mol. The summed E-state index contributed by atoms with van der Waals surface area (Å²) in [7, 11) is -1.02. The number of aliphatic imine (C=N–C) groups is 1. The highest BCUT2D eigenvalue weighted by atomic mass is 127. The quantitative estimate of drug-likeness (QED) is 0.325. The van der Waals surface area contributed by atoms with Crippen LogP contribution in [0.25, 0.3) is 0 Å². The highest BCUT2D eigenvalue weighted by Gasteiger charge is 2.04. The summed E-state index contributed by atoms with van der Waals surface area (Å²) in [5.41, 5.74) is 1.11. The molecule has 0 aliphatic carbocycles. The number of guanidine groups is 1. The van der Waals surface area contributed by atoms with Gasteiger partial charge in [0.25, 0.3) is 0 Å². The van der Waals surface area contributed by atoms with Gasteiger partial charge >= 0.3 is 0 Å². The van der Waals surface area contributed by atoms with Gasteiger partial charge in [-0.2, -0.15) is 0 Å². The summed E-state index contributed by atoms with van der Waals surface area (Å²) in [4.78, 5) is 5.34. The number of nitrogens with one attached hydrogen (secondary N) is 2. The van der Waals surface area contributed by atoms with Crippen molar-refractivity contribution in [2.75, 3.05) is 25.4 Å². The second-order valence-corrected chi connectivity index (χ2v) is 7.37. The molecule has 26 heavy (non-hydrogen) atoms. The van der Waals surface area contributed by atoms with Crippen molar-refractivity contribution in [1.82, 2.24) is 10.6 Å². The third-order valence-electron chi connectivity index (χ3n) is 3.54. The first-order valence-corrected chi connectivity index (χ1v) is 10.1. The molecule has 4 nitrogen and oxygen atoms in total. The van der Waals surface area contributed by atoms with E-state index in [2.05, 4.69) is 15.6 Å². The standard InChI is InChI=1S/C19H24ClN3OS.HI/c1-2-21-19(22-13-12-16-8-6-7-11-18(16)20)23-14-15-25(24)17-9-4-3-5-10-17;/h3-11H,2,12-15H2,1H3,(H2,21,22,23);1H. The van der Waals surface area contributed by atoms with E-state index in [-0.39, 0.29) is 24.0 Å². The maximum Gasteiger partial charge on any atom is 0.191 e. The SMILES string of the molecule is CCNC(=NCCS(=O)c1ccccc1)NCCc1ccccc1Cl.I. The summed E-state index contributed by atoms with van der Waals surface area (Å²) in [6.07, 6.45) is 0.819. The van der Waals surface area contributed by atoms with Gasteiger partial charge < -0.3 is 10.6 Å². The van der Waals surface area contributed by atoms with Crippen molar-refractivity contribution in [3.8, 4) is 0 Å². The Morgan fingerprint density at radius 2 is 1.77 bits per heavy atom. The molecular weight excluding hydrogens is 481 g/mol. The topological polar surface area (TPSA) is 53.5 Å². The molecule has 1 atom stereocenters. The summed E-state index contributed by atoms with van der Waals surface area (Å²) in [5, 5.41) is 7.28. The van der Waals surface area contributed by atoms with Gasteiger partial charge in [0.2, 0.25) is 0 Å². The highest BCUT2D eigenvalue weighted by molar-refractivity contribution is 14.0. The van der Waals surface area contributed by atoms with E-state index in [1.807, 2.05) is 61.5 Å². The molecule has 0 fully saturated rings. The summed E-state index contributed by atoms with van der Waals surface area (Å²) in [5.74, 6) is 1.24. The zero-order valence-electron chi connectivity index (χ0n) is 14.8. The molecule has 0 amide bonds. The van der Waals surface area contributed by atoms with Crippen molar-refractivity contribution in [2.45, 2.75) is 18.2 Å². The van der Waals surface area contributed by atoms with Gasteiger partial charge in [0.1, 0.15) is 0 Å². The van der Waals surface area contributed by atoms with Crippen LogP contribution in [0.4, 0.5) is 0 Å². The normalized spacial score (nSPS) is 12.2. The molecule has 0 saturated heterocycles. The van der Waals surface area contributed by atoms with Crippen molar-refractivity contribution in [1.29, 1.82) is 0 Å². The molecule has 0 aliphatic rings. The Morgan fingerprint density at radius 1 is 1.08 bits per heavy atom. The summed E-state index contributed by atoms with van der Waals surface area (Å²) >= 11 is 6.17. The number of rotatable bonds is 8. The van der Waals surface area contributed by atoms with Gasteiger partial charge in [-0.15, -0.1) is 24.0 Å².